The summed E-state index contributed by atoms with van der Waals surface area (Å²) in [7, 11) is 0. The summed E-state index contributed by atoms with van der Waals surface area (Å²) < 4.78 is 0. The van der Waals surface area contributed by atoms with E-state index in [4.69, 9.17) is 0 Å². The van der Waals surface area contributed by atoms with E-state index in [0.29, 0.717) is 18.8 Å². The van der Waals surface area contributed by atoms with Crippen LogP contribution in [0.15, 0.2) is 42.9 Å². The van der Waals surface area contributed by atoms with Gasteiger partial charge in [0.15, 0.2) is 0 Å². The van der Waals surface area contributed by atoms with E-state index < -0.39 is 5.41 Å². The Bertz CT molecular complexity index is 999. The number of anilines is 1. The Kier molecular flexibility index (Phi) is 3.45. The number of fused-ring (bicyclic) bond motifs is 3. The maximum Gasteiger partial charge on any atom is 0.274 e. The second-order valence-electron chi connectivity index (χ2n) is 9.05. The number of carbonyl (C=O) groups is 2. The van der Waals surface area contributed by atoms with Gasteiger partial charge in [0.1, 0.15) is 5.69 Å². The Morgan fingerprint density at radius 2 is 1.97 bits per heavy atom. The molecule has 3 fully saturated rings. The van der Waals surface area contributed by atoms with Gasteiger partial charge >= 0.3 is 0 Å². The summed E-state index contributed by atoms with van der Waals surface area (Å²) in [4.78, 5) is 38.7. The molecule has 0 radical (unpaired) electrons. The third-order valence-electron chi connectivity index (χ3n) is 7.18. The number of amides is 2. The monoisotopic (exact) mass is 389 g/mol. The minimum atomic E-state index is -0.586. The van der Waals surface area contributed by atoms with Crippen LogP contribution in [-0.2, 0) is 10.2 Å². The van der Waals surface area contributed by atoms with Gasteiger partial charge in [-0.3, -0.25) is 14.6 Å². The van der Waals surface area contributed by atoms with Crippen LogP contribution in [-0.4, -0.2) is 64.3 Å². The van der Waals surface area contributed by atoms with Crippen LogP contribution in [0.3, 0.4) is 0 Å². The number of nitrogens with one attached hydrogen (secondary N) is 1. The van der Waals surface area contributed by atoms with Gasteiger partial charge in [-0.25, -0.2) is 4.98 Å². The molecule has 7 heteroatoms. The SMILES string of the molecule is O=C(c1cnccn1)N1CC2(CN(CC3CC3)C[C@]23C(=O)Nc2ccccc23)C1. The van der Waals surface area contributed by atoms with Crippen LogP contribution in [0.4, 0.5) is 5.69 Å². The number of nitrogens with zero attached hydrogens (tertiary/aromatic N) is 4. The second-order valence-corrected chi connectivity index (χ2v) is 9.05. The van der Waals surface area contributed by atoms with Crippen LogP contribution >= 0.6 is 0 Å². The molecule has 1 atom stereocenters. The van der Waals surface area contributed by atoms with E-state index in [9.17, 15) is 9.59 Å². The average molecular weight is 389 g/mol. The predicted molar refractivity (Wildman–Crippen MR) is 106 cm³/mol. The summed E-state index contributed by atoms with van der Waals surface area (Å²) in [6.07, 6.45) is 7.19. The van der Waals surface area contributed by atoms with Crippen molar-refractivity contribution in [2.75, 3.05) is 38.0 Å². The third kappa shape index (κ3) is 2.34. The highest BCUT2D eigenvalue weighted by Crippen LogP contribution is 2.58. The fourth-order valence-corrected chi connectivity index (χ4v) is 5.69. The number of carbonyl (C=O) groups excluding carboxylic acids is 2. The van der Waals surface area contributed by atoms with Crippen molar-refractivity contribution in [3.63, 3.8) is 0 Å². The number of benzene rings is 1. The molecule has 1 aliphatic carbocycles. The van der Waals surface area contributed by atoms with E-state index in [1.54, 1.807) is 6.20 Å². The van der Waals surface area contributed by atoms with Gasteiger partial charge in [0.25, 0.3) is 5.91 Å². The summed E-state index contributed by atoms with van der Waals surface area (Å²) in [5.41, 5.74) is 1.54. The van der Waals surface area contributed by atoms with E-state index in [2.05, 4.69) is 26.3 Å². The summed E-state index contributed by atoms with van der Waals surface area (Å²) in [5, 5.41) is 3.13. The van der Waals surface area contributed by atoms with Crippen LogP contribution in [0.2, 0.25) is 0 Å². The van der Waals surface area contributed by atoms with E-state index in [1.807, 2.05) is 23.1 Å². The zero-order valence-corrected chi connectivity index (χ0v) is 16.2. The molecule has 3 aliphatic heterocycles. The summed E-state index contributed by atoms with van der Waals surface area (Å²) in [6, 6.07) is 8.05. The van der Waals surface area contributed by atoms with Crippen molar-refractivity contribution in [3.8, 4) is 0 Å². The molecule has 1 saturated carbocycles. The number of hydrogen-bond acceptors (Lipinski definition) is 5. The van der Waals surface area contributed by atoms with Gasteiger partial charge in [0.05, 0.1) is 11.6 Å². The van der Waals surface area contributed by atoms with E-state index in [-0.39, 0.29) is 17.2 Å². The Balaban J connectivity index is 1.35. The first kappa shape index (κ1) is 17.1. The van der Waals surface area contributed by atoms with Crippen LogP contribution in [0, 0.1) is 11.3 Å². The molecule has 7 nitrogen and oxygen atoms in total. The summed E-state index contributed by atoms with van der Waals surface area (Å²) >= 11 is 0. The lowest BCUT2D eigenvalue weighted by atomic mass is 9.58. The van der Waals surface area contributed by atoms with Crippen molar-refractivity contribution in [1.29, 1.82) is 0 Å². The Labute approximate surface area is 169 Å². The zero-order chi connectivity index (χ0) is 19.6. The largest absolute Gasteiger partial charge is 0.336 e. The van der Waals surface area contributed by atoms with Crippen LogP contribution in [0.25, 0.3) is 0 Å². The number of likely N-dealkylation sites (tertiary alicyclic amines) is 2. The van der Waals surface area contributed by atoms with Crippen molar-refractivity contribution < 1.29 is 9.59 Å². The number of para-hydroxylation sites is 1. The highest BCUT2D eigenvalue weighted by molar-refractivity contribution is 6.08. The first-order chi connectivity index (χ1) is 14.1. The van der Waals surface area contributed by atoms with Crippen LogP contribution < -0.4 is 5.32 Å². The van der Waals surface area contributed by atoms with Gasteiger partial charge in [0, 0.05) is 56.2 Å². The maximum absolute atomic E-state index is 13.4. The van der Waals surface area contributed by atoms with E-state index in [1.165, 1.54) is 25.2 Å². The van der Waals surface area contributed by atoms with Gasteiger partial charge in [-0.1, -0.05) is 18.2 Å². The molecular weight excluding hydrogens is 366 g/mol. The molecule has 2 amide bonds. The minimum absolute atomic E-state index is 0.0867. The van der Waals surface area contributed by atoms with Crippen LogP contribution in [0.1, 0.15) is 28.9 Å². The molecule has 2 aromatic rings. The Morgan fingerprint density at radius 1 is 1.14 bits per heavy atom. The molecule has 148 valence electrons. The van der Waals surface area contributed by atoms with Crippen molar-refractivity contribution in [2.24, 2.45) is 11.3 Å². The number of rotatable bonds is 3. The summed E-state index contributed by atoms with van der Waals surface area (Å²) in [5.74, 6) is 0.745. The van der Waals surface area contributed by atoms with Gasteiger partial charge in [-0.2, -0.15) is 0 Å². The maximum atomic E-state index is 13.4. The van der Waals surface area contributed by atoms with E-state index >= 15 is 0 Å². The highest BCUT2D eigenvalue weighted by Gasteiger charge is 2.70. The average Bonchev–Trinajstić information content (AvgIpc) is 3.39. The highest BCUT2D eigenvalue weighted by atomic mass is 16.2. The van der Waals surface area contributed by atoms with Gasteiger partial charge in [-0.05, 0) is 30.4 Å². The zero-order valence-electron chi connectivity index (χ0n) is 16.2. The standard InChI is InChI=1S/C22H23N5O2/c28-19(18-9-23-7-8-24-18)27-12-21(13-27)11-26(10-15-5-6-15)14-22(21)16-3-1-2-4-17(16)25-20(22)29/h1-4,7-9,15H,5-6,10-14H2,(H,25,29)/t22-/m0/s1. The molecule has 1 aromatic heterocycles. The molecule has 2 saturated heterocycles. The van der Waals surface area contributed by atoms with Gasteiger partial charge in [-0.15, -0.1) is 0 Å². The fourth-order valence-electron chi connectivity index (χ4n) is 5.69. The van der Waals surface area contributed by atoms with Crippen molar-refractivity contribution in [3.05, 3.63) is 54.1 Å². The van der Waals surface area contributed by atoms with Gasteiger partial charge < -0.3 is 15.1 Å². The second kappa shape index (κ2) is 5.86. The lowest BCUT2D eigenvalue weighted by molar-refractivity contribution is -0.128. The van der Waals surface area contributed by atoms with E-state index in [0.717, 1.165) is 36.8 Å². The van der Waals surface area contributed by atoms with Gasteiger partial charge in [0.2, 0.25) is 5.91 Å². The third-order valence-corrected chi connectivity index (χ3v) is 7.18. The Hall–Kier alpha value is -2.80. The topological polar surface area (TPSA) is 78.4 Å². The first-order valence-electron chi connectivity index (χ1n) is 10.3. The molecule has 4 heterocycles. The Morgan fingerprint density at radius 3 is 2.72 bits per heavy atom. The molecule has 1 N–H and O–H groups in total. The quantitative estimate of drug-likeness (QED) is 0.862. The van der Waals surface area contributed by atoms with Crippen molar-refractivity contribution in [1.82, 2.24) is 19.8 Å². The van der Waals surface area contributed by atoms with Crippen LogP contribution in [0.5, 0.6) is 0 Å². The molecule has 4 aliphatic rings. The molecule has 6 rings (SSSR count). The predicted octanol–water partition coefficient (Wildman–Crippen LogP) is 1.53. The molecular formula is C22H23N5O2. The first-order valence-corrected chi connectivity index (χ1v) is 10.3. The molecule has 1 aromatic carbocycles. The molecule has 0 unspecified atom stereocenters. The fraction of sp³-hybridized carbons (Fsp3) is 0.455. The lowest BCUT2D eigenvalue weighted by Gasteiger charge is -2.54. The smallest absolute Gasteiger partial charge is 0.274 e. The minimum Gasteiger partial charge on any atom is -0.336 e. The molecule has 2 spiro atoms. The number of hydrogen-bond donors (Lipinski definition) is 1. The summed E-state index contributed by atoms with van der Waals surface area (Å²) in [6.45, 7) is 3.79. The molecule has 29 heavy (non-hydrogen) atoms. The van der Waals surface area contributed by atoms with Crippen molar-refractivity contribution >= 4 is 17.5 Å². The lowest BCUT2D eigenvalue weighted by Crippen LogP contribution is -2.68. The van der Waals surface area contributed by atoms with Crippen molar-refractivity contribution in [2.45, 2.75) is 18.3 Å². The normalized spacial score (nSPS) is 27.2. The number of aromatic nitrogens is 2. The molecule has 0 bridgehead atoms.